The van der Waals surface area contributed by atoms with Gasteiger partial charge in [0.05, 0.1) is 0 Å². The van der Waals surface area contributed by atoms with Gasteiger partial charge in [0, 0.05) is 0 Å². The van der Waals surface area contributed by atoms with Gasteiger partial charge >= 0.3 is 0 Å². The molecule has 1 N–H and O–H groups in total. The van der Waals surface area contributed by atoms with Crippen LogP contribution in [-0.4, -0.2) is 14.1 Å². The van der Waals surface area contributed by atoms with Gasteiger partial charge in [0.2, 0.25) is 0 Å². The van der Waals surface area contributed by atoms with Crippen molar-refractivity contribution in [3.05, 3.63) is 64.8 Å². The molecule has 0 fully saturated rings. The molecule has 0 radical (unpaired) electrons. The molecule has 0 atom stereocenters. The first-order chi connectivity index (χ1) is 13.7. The summed E-state index contributed by atoms with van der Waals surface area (Å²) in [5.74, 6) is 0. The average molecular weight is 386 g/mol. The third-order valence-electron chi connectivity index (χ3n) is 4.25. The molecule has 160 valence electrons. The van der Waals surface area contributed by atoms with E-state index in [1.54, 1.807) is 0 Å². The van der Waals surface area contributed by atoms with E-state index in [1.165, 1.54) is 60.8 Å². The van der Waals surface area contributed by atoms with Gasteiger partial charge in [-0.15, -0.1) is 0 Å². The minimum absolute atomic E-state index is 1.10. The van der Waals surface area contributed by atoms with Crippen molar-refractivity contribution in [3.63, 3.8) is 0 Å². The lowest BCUT2D eigenvalue weighted by Crippen LogP contribution is -1.93. The Morgan fingerprint density at radius 1 is 0.964 bits per heavy atom. The fourth-order valence-electron chi connectivity index (χ4n) is 2.90. The van der Waals surface area contributed by atoms with Crippen molar-refractivity contribution in [2.24, 2.45) is 0 Å². The van der Waals surface area contributed by atoms with Crippen LogP contribution in [0.5, 0.6) is 0 Å². The molecule has 28 heavy (non-hydrogen) atoms. The van der Waals surface area contributed by atoms with Gasteiger partial charge in [0.15, 0.2) is 0 Å². The molecule has 0 bridgehead atoms. The molecule has 0 heterocycles. The van der Waals surface area contributed by atoms with Crippen molar-refractivity contribution in [3.8, 4) is 0 Å². The summed E-state index contributed by atoms with van der Waals surface area (Å²) in [6, 6.07) is 6.71. The lowest BCUT2D eigenvalue weighted by atomic mass is 9.96. The van der Waals surface area contributed by atoms with Gasteiger partial charge in [-0.1, -0.05) is 88.8 Å². The molecule has 0 aliphatic heterocycles. The molecule has 0 saturated carbocycles. The average Bonchev–Trinajstić information content (AvgIpc) is 2.75. The number of rotatable bonds is 7. The smallest absolute Gasteiger partial charge is 0.0167 e. The normalized spacial score (nSPS) is 12.1. The van der Waals surface area contributed by atoms with Gasteiger partial charge < -0.3 is 5.32 Å². The summed E-state index contributed by atoms with van der Waals surface area (Å²) in [6.07, 6.45) is 20.1. The Bertz CT molecular complexity index is 549. The van der Waals surface area contributed by atoms with Crippen molar-refractivity contribution >= 4 is 6.08 Å². The third-order valence-corrected chi connectivity index (χ3v) is 4.25. The SMILES string of the molecule is CC.CC.CC/C=C\c1cccc(CCCCC2=CCCC=C2)c1C.CNC. The minimum Gasteiger partial charge on any atom is -0.323 e. The number of aryl methyl sites for hydroxylation is 1. The van der Waals surface area contributed by atoms with Crippen molar-refractivity contribution in [1.29, 1.82) is 0 Å². The van der Waals surface area contributed by atoms with Gasteiger partial charge in [-0.2, -0.15) is 0 Å². The summed E-state index contributed by atoms with van der Waals surface area (Å²) < 4.78 is 0. The van der Waals surface area contributed by atoms with Gasteiger partial charge in [0.1, 0.15) is 0 Å². The van der Waals surface area contributed by atoms with E-state index in [4.69, 9.17) is 0 Å². The Morgan fingerprint density at radius 3 is 2.18 bits per heavy atom. The number of unbranched alkanes of at least 4 members (excludes halogenated alkanes) is 1. The molecule has 2 rings (SSSR count). The maximum atomic E-state index is 2.75. The van der Waals surface area contributed by atoms with Crippen LogP contribution in [0.2, 0.25) is 0 Å². The lowest BCUT2D eigenvalue weighted by molar-refractivity contribution is 0.729. The molecule has 0 spiro atoms. The lowest BCUT2D eigenvalue weighted by Gasteiger charge is -2.10. The summed E-state index contributed by atoms with van der Waals surface area (Å²) in [5.41, 5.74) is 5.89. The molecule has 1 aliphatic rings. The number of benzene rings is 1. The fourth-order valence-corrected chi connectivity index (χ4v) is 2.90. The molecule has 1 aromatic rings. The molecule has 0 aromatic heterocycles. The highest BCUT2D eigenvalue weighted by Gasteiger charge is 2.03. The third kappa shape index (κ3) is 13.6. The molecule has 0 saturated heterocycles. The first-order valence-corrected chi connectivity index (χ1v) is 11.4. The van der Waals surface area contributed by atoms with Crippen LogP contribution in [0.15, 0.2) is 48.1 Å². The Kier molecular flexibility index (Phi) is 22.2. The zero-order valence-corrected chi connectivity index (χ0v) is 20.1. The second-order valence-electron chi connectivity index (χ2n) is 6.41. The largest absolute Gasteiger partial charge is 0.323 e. The van der Waals surface area contributed by atoms with Crippen molar-refractivity contribution < 1.29 is 0 Å². The molecular formula is C27H47N. The van der Waals surface area contributed by atoms with Crippen molar-refractivity contribution in [1.82, 2.24) is 5.32 Å². The van der Waals surface area contributed by atoms with Crippen LogP contribution >= 0.6 is 0 Å². The summed E-state index contributed by atoms with van der Waals surface area (Å²) >= 11 is 0. The van der Waals surface area contributed by atoms with Crippen LogP contribution < -0.4 is 5.32 Å². The monoisotopic (exact) mass is 385 g/mol. The predicted molar refractivity (Wildman–Crippen MR) is 132 cm³/mol. The van der Waals surface area contributed by atoms with Crippen molar-refractivity contribution in [2.75, 3.05) is 14.1 Å². The Balaban J connectivity index is 0. The predicted octanol–water partition coefficient (Wildman–Crippen LogP) is 8.30. The Hall–Kier alpha value is -1.60. The number of allylic oxidation sites excluding steroid dienone is 5. The Morgan fingerprint density at radius 2 is 1.61 bits per heavy atom. The molecule has 1 nitrogen and oxygen atoms in total. The van der Waals surface area contributed by atoms with E-state index in [1.807, 2.05) is 41.8 Å². The number of hydrogen-bond donors (Lipinski definition) is 1. The van der Waals surface area contributed by atoms with E-state index < -0.39 is 0 Å². The van der Waals surface area contributed by atoms with E-state index in [0.29, 0.717) is 0 Å². The van der Waals surface area contributed by atoms with Gasteiger partial charge in [-0.3, -0.25) is 0 Å². The fraction of sp³-hybridized carbons (Fsp3) is 0.556. The summed E-state index contributed by atoms with van der Waals surface area (Å²) in [6.45, 7) is 12.4. The standard InChI is InChI=1S/C21H28.C2H7N.2C2H6/c1-3-4-14-20-16-10-17-21(18(20)2)15-9-8-13-19-11-6-5-7-12-19;1-3-2;2*1-2/h4,6,10-12,14,16-17H,3,5,7-9,13,15H2,1-2H3;3H,1-2H3;2*1-2H3/b14-4-;;;. The highest BCUT2D eigenvalue weighted by atomic mass is 14.7. The van der Waals surface area contributed by atoms with E-state index >= 15 is 0 Å². The number of nitrogens with one attached hydrogen (secondary N) is 1. The molecule has 0 amide bonds. The maximum Gasteiger partial charge on any atom is -0.0167 e. The van der Waals surface area contributed by atoms with Gasteiger partial charge in [-0.25, -0.2) is 0 Å². The second-order valence-corrected chi connectivity index (χ2v) is 6.41. The van der Waals surface area contributed by atoms with Gasteiger partial charge in [0.25, 0.3) is 0 Å². The van der Waals surface area contributed by atoms with Crippen LogP contribution in [0.1, 0.15) is 89.8 Å². The highest BCUT2D eigenvalue weighted by molar-refractivity contribution is 5.55. The number of hydrogen-bond acceptors (Lipinski definition) is 1. The quantitative estimate of drug-likeness (QED) is 0.465. The topological polar surface area (TPSA) is 12.0 Å². The van der Waals surface area contributed by atoms with E-state index in [9.17, 15) is 0 Å². The van der Waals surface area contributed by atoms with Crippen molar-refractivity contribution in [2.45, 2.75) is 86.5 Å². The van der Waals surface area contributed by atoms with Crippen LogP contribution in [0.25, 0.3) is 6.08 Å². The zero-order valence-electron chi connectivity index (χ0n) is 20.1. The summed E-state index contributed by atoms with van der Waals surface area (Å²) in [5, 5.41) is 2.75. The zero-order chi connectivity index (χ0) is 21.6. The van der Waals surface area contributed by atoms with E-state index in [2.05, 4.69) is 67.7 Å². The van der Waals surface area contributed by atoms with Crippen LogP contribution in [0.3, 0.4) is 0 Å². The minimum atomic E-state index is 1.10. The molecule has 0 unspecified atom stereocenters. The highest BCUT2D eigenvalue weighted by Crippen LogP contribution is 2.20. The van der Waals surface area contributed by atoms with Crippen LogP contribution in [0.4, 0.5) is 0 Å². The molecule has 1 heteroatoms. The Labute approximate surface area is 177 Å². The molecule has 1 aliphatic carbocycles. The van der Waals surface area contributed by atoms with E-state index in [-0.39, 0.29) is 0 Å². The first kappa shape index (κ1) is 28.6. The molecular weight excluding hydrogens is 338 g/mol. The summed E-state index contributed by atoms with van der Waals surface area (Å²) in [7, 11) is 3.75. The second kappa shape index (κ2) is 21.7. The van der Waals surface area contributed by atoms with Crippen LogP contribution in [-0.2, 0) is 6.42 Å². The maximum absolute atomic E-state index is 2.75. The first-order valence-electron chi connectivity index (χ1n) is 11.4. The molecule has 1 aromatic carbocycles. The van der Waals surface area contributed by atoms with Gasteiger partial charge in [-0.05, 0) is 82.7 Å². The van der Waals surface area contributed by atoms with Crippen LogP contribution in [0, 0.1) is 6.92 Å². The summed E-state index contributed by atoms with van der Waals surface area (Å²) in [4.78, 5) is 0. The van der Waals surface area contributed by atoms with E-state index in [0.717, 1.165) is 6.42 Å².